The number of benzene rings is 1. The van der Waals surface area contributed by atoms with E-state index in [1.165, 1.54) is 12.4 Å². The van der Waals surface area contributed by atoms with E-state index in [9.17, 15) is 18.0 Å². The highest BCUT2D eigenvalue weighted by molar-refractivity contribution is 7.98. The first-order chi connectivity index (χ1) is 13.3. The minimum atomic E-state index is -4.37. The Hall–Kier alpha value is -2.33. The van der Waals surface area contributed by atoms with E-state index in [0.717, 1.165) is 25.9 Å². The fourth-order valence-corrected chi connectivity index (χ4v) is 3.86. The predicted molar refractivity (Wildman–Crippen MR) is 100 cm³/mol. The van der Waals surface area contributed by atoms with Crippen molar-refractivity contribution in [2.75, 3.05) is 0 Å². The predicted octanol–water partition coefficient (Wildman–Crippen LogP) is 4.86. The molecule has 2 aromatic heterocycles. The summed E-state index contributed by atoms with van der Waals surface area (Å²) in [7, 11) is 0. The van der Waals surface area contributed by atoms with Crippen molar-refractivity contribution >= 4 is 29.1 Å². The van der Waals surface area contributed by atoms with E-state index in [1.54, 1.807) is 47.4 Å². The van der Waals surface area contributed by atoms with Gasteiger partial charge in [0.1, 0.15) is 19.0 Å². The van der Waals surface area contributed by atoms with Crippen LogP contribution in [0.15, 0.2) is 46.9 Å². The average Bonchev–Trinajstić information content (AvgIpc) is 3.25. The summed E-state index contributed by atoms with van der Waals surface area (Å²) in [4.78, 5) is 21.3. The zero-order valence-corrected chi connectivity index (χ0v) is 16.4. The molecule has 0 aliphatic carbocycles. The topological polar surface area (TPSA) is 57.0 Å². The molecule has 0 spiro atoms. The lowest BCUT2D eigenvalue weighted by Crippen LogP contribution is -2.19. The number of imidazole rings is 1. The molecule has 5 nitrogen and oxygen atoms in total. The average molecular weight is 427 g/mol. The van der Waals surface area contributed by atoms with Crippen LogP contribution in [0.5, 0.6) is 0 Å². The Labute approximate surface area is 167 Å². The van der Waals surface area contributed by atoms with E-state index in [4.69, 9.17) is 4.74 Å². The molecule has 0 amide bonds. The SMILES string of the molecule is Cc1nc(CSc2ccc(C(=O)OCc3nccn3CC(F)(F)F)cc2)cs1. The van der Waals surface area contributed by atoms with E-state index in [2.05, 4.69) is 9.97 Å². The van der Waals surface area contributed by atoms with Gasteiger partial charge in [0.15, 0.2) is 0 Å². The summed E-state index contributed by atoms with van der Waals surface area (Å²) in [6, 6.07) is 6.84. The Balaban J connectivity index is 1.53. The van der Waals surface area contributed by atoms with Gasteiger partial charge in [0.25, 0.3) is 0 Å². The van der Waals surface area contributed by atoms with Gasteiger partial charge >= 0.3 is 12.1 Å². The molecule has 0 unspecified atom stereocenters. The van der Waals surface area contributed by atoms with Crippen LogP contribution in [0.2, 0.25) is 0 Å². The Morgan fingerprint density at radius 1 is 1.29 bits per heavy atom. The third-order valence-electron chi connectivity index (χ3n) is 3.63. The van der Waals surface area contributed by atoms with Crippen molar-refractivity contribution in [1.29, 1.82) is 0 Å². The van der Waals surface area contributed by atoms with Crippen molar-refractivity contribution in [3.8, 4) is 0 Å². The van der Waals surface area contributed by atoms with Crippen LogP contribution in [0.4, 0.5) is 13.2 Å². The van der Waals surface area contributed by atoms with E-state index in [-0.39, 0.29) is 12.4 Å². The fraction of sp³-hybridized carbons (Fsp3) is 0.278. The van der Waals surface area contributed by atoms with Gasteiger partial charge in [-0.3, -0.25) is 0 Å². The van der Waals surface area contributed by atoms with Gasteiger partial charge in [-0.25, -0.2) is 14.8 Å². The van der Waals surface area contributed by atoms with E-state index >= 15 is 0 Å². The molecule has 10 heteroatoms. The largest absolute Gasteiger partial charge is 0.454 e. The smallest absolute Gasteiger partial charge is 0.406 e. The zero-order chi connectivity index (χ0) is 20.1. The molecule has 0 saturated carbocycles. The van der Waals surface area contributed by atoms with Gasteiger partial charge in [0.2, 0.25) is 0 Å². The number of esters is 1. The summed E-state index contributed by atoms with van der Waals surface area (Å²) in [5.74, 6) is 0.153. The highest BCUT2D eigenvalue weighted by Gasteiger charge is 2.29. The number of alkyl halides is 3. The monoisotopic (exact) mass is 427 g/mol. The lowest BCUT2D eigenvalue weighted by Gasteiger charge is -2.11. The van der Waals surface area contributed by atoms with Crippen molar-refractivity contribution < 1.29 is 22.7 Å². The zero-order valence-electron chi connectivity index (χ0n) is 14.8. The summed E-state index contributed by atoms with van der Waals surface area (Å²) in [6.07, 6.45) is -1.93. The van der Waals surface area contributed by atoms with Crippen LogP contribution in [0.25, 0.3) is 0 Å². The Bertz CT molecular complexity index is 936. The molecule has 0 atom stereocenters. The van der Waals surface area contributed by atoms with Crippen LogP contribution >= 0.6 is 23.1 Å². The van der Waals surface area contributed by atoms with Crippen molar-refractivity contribution in [2.45, 2.75) is 36.9 Å². The Morgan fingerprint density at radius 3 is 2.68 bits per heavy atom. The van der Waals surface area contributed by atoms with Gasteiger partial charge in [-0.05, 0) is 31.2 Å². The van der Waals surface area contributed by atoms with E-state index < -0.39 is 18.7 Å². The number of carbonyl (C=O) groups excluding carboxylic acids is 1. The number of hydrogen-bond donors (Lipinski definition) is 0. The van der Waals surface area contributed by atoms with Crippen molar-refractivity contribution in [1.82, 2.24) is 14.5 Å². The number of thioether (sulfide) groups is 1. The van der Waals surface area contributed by atoms with Crippen LogP contribution in [0, 0.1) is 6.92 Å². The van der Waals surface area contributed by atoms with Crippen molar-refractivity contribution in [3.63, 3.8) is 0 Å². The molecule has 0 radical (unpaired) electrons. The first-order valence-electron chi connectivity index (χ1n) is 8.18. The summed E-state index contributed by atoms with van der Waals surface area (Å²) >= 11 is 3.20. The summed E-state index contributed by atoms with van der Waals surface area (Å²) in [5, 5.41) is 3.03. The molecule has 3 rings (SSSR count). The second kappa shape index (κ2) is 8.78. The van der Waals surface area contributed by atoms with Gasteiger partial charge < -0.3 is 9.30 Å². The normalized spacial score (nSPS) is 11.6. The Morgan fingerprint density at radius 2 is 2.04 bits per heavy atom. The number of hydrogen-bond acceptors (Lipinski definition) is 6. The molecule has 28 heavy (non-hydrogen) atoms. The second-order valence-corrected chi connectivity index (χ2v) is 7.94. The quantitative estimate of drug-likeness (QED) is 0.398. The third-order valence-corrected chi connectivity index (χ3v) is 5.49. The molecule has 0 bridgehead atoms. The number of ether oxygens (including phenoxy) is 1. The van der Waals surface area contributed by atoms with Gasteiger partial charge in [-0.1, -0.05) is 0 Å². The molecule has 0 saturated heterocycles. The summed E-state index contributed by atoms with van der Waals surface area (Å²) in [6.45, 7) is 0.445. The summed E-state index contributed by atoms with van der Waals surface area (Å²) in [5.41, 5.74) is 1.33. The first-order valence-corrected chi connectivity index (χ1v) is 10.0. The van der Waals surface area contributed by atoms with E-state index in [1.807, 2.05) is 12.3 Å². The minimum Gasteiger partial charge on any atom is -0.454 e. The third kappa shape index (κ3) is 5.83. The Kier molecular flexibility index (Phi) is 6.40. The van der Waals surface area contributed by atoms with Gasteiger partial charge in [0.05, 0.1) is 16.3 Å². The van der Waals surface area contributed by atoms with Crippen LogP contribution in [-0.2, 0) is 23.6 Å². The number of nitrogens with zero attached hydrogens (tertiary/aromatic N) is 3. The highest BCUT2D eigenvalue weighted by atomic mass is 32.2. The highest BCUT2D eigenvalue weighted by Crippen LogP contribution is 2.24. The summed E-state index contributed by atoms with van der Waals surface area (Å²) < 4.78 is 43.5. The molecule has 0 aliphatic rings. The minimum absolute atomic E-state index is 0.0383. The molecule has 148 valence electrons. The van der Waals surface area contributed by atoms with Crippen LogP contribution < -0.4 is 0 Å². The standard InChI is InChI=1S/C18H16F3N3O2S2/c1-12-23-14(9-27-12)10-28-15-4-2-13(3-5-15)17(25)26-8-16-22-6-7-24(16)11-18(19,20)21/h2-7,9H,8,10-11H2,1H3. The molecule has 0 fully saturated rings. The molecule has 1 aromatic carbocycles. The van der Waals surface area contributed by atoms with Crippen molar-refractivity contribution in [2.24, 2.45) is 0 Å². The lowest BCUT2D eigenvalue weighted by molar-refractivity contribution is -0.141. The number of aryl methyl sites for hydroxylation is 1. The van der Waals surface area contributed by atoms with Crippen LogP contribution in [0.3, 0.4) is 0 Å². The number of aromatic nitrogens is 3. The molecular weight excluding hydrogens is 411 g/mol. The van der Waals surface area contributed by atoms with Crippen LogP contribution in [-0.4, -0.2) is 26.7 Å². The molecule has 0 N–H and O–H groups in total. The van der Waals surface area contributed by atoms with Gasteiger partial charge in [0, 0.05) is 28.4 Å². The number of halogens is 3. The maximum atomic E-state index is 12.5. The number of rotatable bonds is 7. The van der Waals surface area contributed by atoms with E-state index in [0.29, 0.717) is 5.56 Å². The van der Waals surface area contributed by atoms with Gasteiger partial charge in [-0.2, -0.15) is 13.2 Å². The second-order valence-electron chi connectivity index (χ2n) is 5.83. The molecule has 3 aromatic rings. The number of thiazole rings is 1. The van der Waals surface area contributed by atoms with Crippen LogP contribution in [0.1, 0.15) is 26.9 Å². The molecular formula is C18H16F3N3O2S2. The maximum absolute atomic E-state index is 12.5. The van der Waals surface area contributed by atoms with Crippen molar-refractivity contribution in [3.05, 3.63) is 64.1 Å². The lowest BCUT2D eigenvalue weighted by atomic mass is 10.2. The van der Waals surface area contributed by atoms with Gasteiger partial charge in [-0.15, -0.1) is 23.1 Å². The fourth-order valence-electron chi connectivity index (χ4n) is 2.35. The number of carbonyl (C=O) groups is 1. The molecule has 0 aliphatic heterocycles. The maximum Gasteiger partial charge on any atom is 0.406 e. The molecule has 2 heterocycles. The first kappa shape index (κ1) is 20.4.